The fourth-order valence-electron chi connectivity index (χ4n) is 4.06. The summed E-state index contributed by atoms with van der Waals surface area (Å²) in [6.45, 7) is 5.04. The van der Waals surface area contributed by atoms with E-state index in [0.717, 1.165) is 11.1 Å². The first-order valence-corrected chi connectivity index (χ1v) is 11.7. The number of morpholine rings is 1. The lowest BCUT2D eigenvalue weighted by Crippen LogP contribution is -2.57. The molecule has 0 bridgehead atoms. The highest BCUT2D eigenvalue weighted by molar-refractivity contribution is 7.91. The minimum Gasteiger partial charge on any atom is -0.372 e. The largest absolute Gasteiger partial charge is 0.372 e. The smallest absolute Gasteiger partial charge is 0.253 e. The molecule has 28 heavy (non-hydrogen) atoms. The maximum atomic E-state index is 13.4. The van der Waals surface area contributed by atoms with Gasteiger partial charge in [-0.2, -0.15) is 4.31 Å². The fourth-order valence-corrected chi connectivity index (χ4v) is 6.74. The Hall–Kier alpha value is -1.74. The average molecular weight is 421 g/mol. The molecule has 0 N–H and O–H groups in total. The van der Waals surface area contributed by atoms with Crippen molar-refractivity contribution in [1.82, 2.24) is 9.21 Å². The molecule has 2 aliphatic rings. The van der Waals surface area contributed by atoms with Crippen LogP contribution in [0.4, 0.5) is 0 Å². The number of rotatable bonds is 3. The summed E-state index contributed by atoms with van der Waals surface area (Å²) in [4.78, 5) is 15.2. The van der Waals surface area contributed by atoms with Crippen molar-refractivity contribution in [2.75, 3.05) is 13.1 Å². The number of ether oxygens (including phenoxy) is 1. The molecule has 0 radical (unpaired) electrons. The predicted molar refractivity (Wildman–Crippen MR) is 108 cm³/mol. The van der Waals surface area contributed by atoms with Gasteiger partial charge in [0.25, 0.3) is 10.0 Å². The summed E-state index contributed by atoms with van der Waals surface area (Å²) in [7, 11) is -3.75. The number of hydrogen-bond acceptors (Lipinski definition) is 5. The maximum Gasteiger partial charge on any atom is 0.253 e. The van der Waals surface area contributed by atoms with E-state index in [0.29, 0.717) is 19.5 Å². The number of amides is 1. The molecule has 2 aliphatic heterocycles. The number of fused-ring (bicyclic) bond motifs is 1. The zero-order valence-corrected chi connectivity index (χ0v) is 17.6. The third-order valence-corrected chi connectivity index (χ3v) is 8.51. The van der Waals surface area contributed by atoms with E-state index >= 15 is 0 Å². The van der Waals surface area contributed by atoms with Crippen LogP contribution in [0.1, 0.15) is 25.0 Å². The number of carbonyl (C=O) groups excluding carboxylic acids is 1. The molecule has 1 fully saturated rings. The third kappa shape index (κ3) is 3.61. The highest BCUT2D eigenvalue weighted by Gasteiger charge is 2.42. The Kier molecular flexibility index (Phi) is 5.30. The van der Waals surface area contributed by atoms with Crippen LogP contribution in [0.3, 0.4) is 0 Å². The fraction of sp³-hybridized carbons (Fsp3) is 0.450. The van der Waals surface area contributed by atoms with Crippen LogP contribution in [0.25, 0.3) is 0 Å². The molecule has 8 heteroatoms. The van der Waals surface area contributed by atoms with Crippen molar-refractivity contribution in [1.29, 1.82) is 0 Å². The highest BCUT2D eigenvalue weighted by atomic mass is 32.2. The maximum absolute atomic E-state index is 13.4. The average Bonchev–Trinajstić information content (AvgIpc) is 3.21. The lowest BCUT2D eigenvalue weighted by molar-refractivity contribution is -0.147. The van der Waals surface area contributed by atoms with Gasteiger partial charge in [-0.1, -0.05) is 30.3 Å². The van der Waals surface area contributed by atoms with Crippen LogP contribution in [-0.2, 0) is 32.5 Å². The highest BCUT2D eigenvalue weighted by Crippen LogP contribution is 2.32. The molecule has 0 spiro atoms. The number of sulfonamides is 1. The van der Waals surface area contributed by atoms with Gasteiger partial charge in [0, 0.05) is 19.6 Å². The first-order chi connectivity index (χ1) is 13.4. The summed E-state index contributed by atoms with van der Waals surface area (Å²) < 4.78 is 34.0. The number of carbonyl (C=O) groups is 1. The zero-order chi connectivity index (χ0) is 19.9. The molecule has 6 nitrogen and oxygen atoms in total. The van der Waals surface area contributed by atoms with Gasteiger partial charge < -0.3 is 9.64 Å². The van der Waals surface area contributed by atoms with Crippen molar-refractivity contribution in [3.63, 3.8) is 0 Å². The lowest BCUT2D eigenvalue weighted by Gasteiger charge is -2.41. The van der Waals surface area contributed by atoms with E-state index in [4.69, 9.17) is 4.74 Å². The topological polar surface area (TPSA) is 66.9 Å². The quantitative estimate of drug-likeness (QED) is 0.765. The Labute approximate surface area is 169 Å². The van der Waals surface area contributed by atoms with Crippen molar-refractivity contribution >= 4 is 27.3 Å². The predicted octanol–water partition coefficient (Wildman–Crippen LogP) is 2.50. The monoisotopic (exact) mass is 420 g/mol. The van der Waals surface area contributed by atoms with E-state index in [1.54, 1.807) is 22.4 Å². The summed E-state index contributed by atoms with van der Waals surface area (Å²) in [5.41, 5.74) is 1.99. The SMILES string of the molecule is C[C@@H]1CN(C(=O)[C@H]2Cc3ccccc3CN2S(=O)(=O)c2cccs2)C[C@H](C)O1. The first-order valence-electron chi connectivity index (χ1n) is 9.42. The van der Waals surface area contributed by atoms with Gasteiger partial charge >= 0.3 is 0 Å². The Morgan fingerprint density at radius 2 is 1.75 bits per heavy atom. The molecule has 3 atom stereocenters. The molecule has 1 amide bonds. The van der Waals surface area contributed by atoms with Crippen molar-refractivity contribution < 1.29 is 17.9 Å². The van der Waals surface area contributed by atoms with Gasteiger partial charge in [0.15, 0.2) is 0 Å². The number of hydrogen-bond donors (Lipinski definition) is 0. The third-order valence-electron chi connectivity index (χ3n) is 5.28. The molecular weight excluding hydrogens is 396 g/mol. The summed E-state index contributed by atoms with van der Waals surface area (Å²) in [6, 6.07) is 10.3. The Balaban J connectivity index is 1.71. The van der Waals surface area contributed by atoms with Gasteiger partial charge in [-0.3, -0.25) is 4.79 Å². The standard InChI is InChI=1S/C20H24N2O4S2/c1-14-11-21(12-15(2)26-14)20(23)18-10-16-6-3-4-7-17(16)13-22(18)28(24,25)19-8-5-9-27-19/h3-9,14-15,18H,10-13H2,1-2H3/t14-,15+,18-/m1/s1. The second-order valence-corrected chi connectivity index (χ2v) is 10.5. The second kappa shape index (κ2) is 7.59. The summed E-state index contributed by atoms with van der Waals surface area (Å²) in [5.74, 6) is -0.142. The van der Waals surface area contributed by atoms with Crippen LogP contribution in [0, 0.1) is 0 Å². The van der Waals surface area contributed by atoms with E-state index in [9.17, 15) is 13.2 Å². The Morgan fingerprint density at radius 3 is 2.39 bits per heavy atom. The van der Waals surface area contributed by atoms with Crippen molar-refractivity contribution in [2.24, 2.45) is 0 Å². The van der Waals surface area contributed by atoms with E-state index in [1.165, 1.54) is 15.6 Å². The molecule has 0 unspecified atom stereocenters. The molecule has 150 valence electrons. The molecule has 1 saturated heterocycles. The molecule has 4 rings (SSSR count). The minimum atomic E-state index is -3.75. The number of nitrogens with zero attached hydrogens (tertiary/aromatic N) is 2. The lowest BCUT2D eigenvalue weighted by atomic mass is 9.95. The van der Waals surface area contributed by atoms with Crippen molar-refractivity contribution in [3.8, 4) is 0 Å². The Bertz CT molecular complexity index is 948. The second-order valence-electron chi connectivity index (χ2n) is 7.47. The van der Waals surface area contributed by atoms with Gasteiger partial charge in [0.2, 0.25) is 5.91 Å². The normalized spacial score (nSPS) is 26.1. The van der Waals surface area contributed by atoms with Crippen molar-refractivity contribution in [2.45, 2.75) is 49.3 Å². The number of thiophene rings is 1. The molecule has 1 aromatic carbocycles. The van der Waals surface area contributed by atoms with Gasteiger partial charge in [0.05, 0.1) is 12.2 Å². The van der Waals surface area contributed by atoms with Crippen LogP contribution in [0.5, 0.6) is 0 Å². The van der Waals surface area contributed by atoms with E-state index in [-0.39, 0.29) is 28.9 Å². The van der Waals surface area contributed by atoms with Gasteiger partial charge in [-0.05, 0) is 42.8 Å². The first kappa shape index (κ1) is 19.6. The van der Waals surface area contributed by atoms with Gasteiger partial charge in [-0.15, -0.1) is 11.3 Å². The summed E-state index contributed by atoms with van der Waals surface area (Å²) in [6.07, 6.45) is 0.261. The minimum absolute atomic E-state index is 0.0640. The molecule has 3 heterocycles. The van der Waals surface area contributed by atoms with E-state index in [2.05, 4.69) is 0 Å². The molecular formula is C20H24N2O4S2. The van der Waals surface area contributed by atoms with Crippen molar-refractivity contribution in [3.05, 3.63) is 52.9 Å². The van der Waals surface area contributed by atoms with Gasteiger partial charge in [-0.25, -0.2) is 8.42 Å². The van der Waals surface area contributed by atoms with Crippen LogP contribution < -0.4 is 0 Å². The van der Waals surface area contributed by atoms with Crippen LogP contribution in [0.15, 0.2) is 46.0 Å². The van der Waals surface area contributed by atoms with E-state index < -0.39 is 16.1 Å². The Morgan fingerprint density at radius 1 is 1.07 bits per heavy atom. The molecule has 0 saturated carbocycles. The molecule has 0 aliphatic carbocycles. The van der Waals surface area contributed by atoms with Crippen LogP contribution in [-0.4, -0.2) is 54.9 Å². The zero-order valence-electron chi connectivity index (χ0n) is 15.9. The molecule has 2 aromatic rings. The van der Waals surface area contributed by atoms with Gasteiger partial charge in [0.1, 0.15) is 10.3 Å². The number of benzene rings is 1. The summed E-state index contributed by atoms with van der Waals surface area (Å²) >= 11 is 1.18. The van der Waals surface area contributed by atoms with E-state index in [1.807, 2.05) is 38.1 Å². The van der Waals surface area contributed by atoms with Crippen LogP contribution >= 0.6 is 11.3 Å². The van der Waals surface area contributed by atoms with Crippen LogP contribution in [0.2, 0.25) is 0 Å². The molecule has 1 aromatic heterocycles. The summed E-state index contributed by atoms with van der Waals surface area (Å²) in [5, 5.41) is 1.74.